The van der Waals surface area contributed by atoms with E-state index in [9.17, 15) is 4.79 Å². The molecule has 19 heavy (non-hydrogen) atoms. The Morgan fingerprint density at radius 1 is 1.32 bits per heavy atom. The molecule has 1 heterocycles. The number of nitrogens with one attached hydrogen (secondary N) is 1. The fraction of sp³-hybridized carbons (Fsp3) is 0.600. The molecule has 0 spiro atoms. The number of anilines is 1. The van der Waals surface area contributed by atoms with Gasteiger partial charge in [-0.1, -0.05) is 12.5 Å². The molecular formula is C15H21N3O. The van der Waals surface area contributed by atoms with Crippen molar-refractivity contribution in [3.63, 3.8) is 0 Å². The number of fused-ring (bicyclic) bond motifs is 2. The van der Waals surface area contributed by atoms with Gasteiger partial charge in [-0.25, -0.2) is 4.98 Å². The second-order valence-corrected chi connectivity index (χ2v) is 6.29. The van der Waals surface area contributed by atoms with Crippen LogP contribution in [0.4, 0.5) is 5.82 Å². The average Bonchev–Trinajstić information content (AvgIpc) is 2.61. The number of pyridine rings is 1. The molecular weight excluding hydrogens is 238 g/mol. The standard InChI is InChI=1S/C15H21N3O/c1-11-4-2-5-12(17-11)18-13(19)14-6-3-7-15(16,10-14)9-8-14/h2,4-5H,3,6-10,16H2,1H3,(H,17,18,19). The van der Waals surface area contributed by atoms with Gasteiger partial charge in [-0.15, -0.1) is 0 Å². The smallest absolute Gasteiger partial charge is 0.231 e. The Hall–Kier alpha value is -1.42. The molecule has 2 atom stereocenters. The molecule has 1 aromatic heterocycles. The van der Waals surface area contributed by atoms with E-state index in [1.165, 1.54) is 0 Å². The van der Waals surface area contributed by atoms with Gasteiger partial charge in [0.25, 0.3) is 0 Å². The first-order chi connectivity index (χ1) is 9.01. The molecule has 0 saturated heterocycles. The van der Waals surface area contributed by atoms with E-state index >= 15 is 0 Å². The fourth-order valence-corrected chi connectivity index (χ4v) is 3.71. The van der Waals surface area contributed by atoms with Crippen molar-refractivity contribution in [3.05, 3.63) is 23.9 Å². The van der Waals surface area contributed by atoms with Crippen LogP contribution >= 0.6 is 0 Å². The molecule has 2 aliphatic carbocycles. The van der Waals surface area contributed by atoms with Crippen LogP contribution in [-0.2, 0) is 4.79 Å². The number of carbonyl (C=O) groups is 1. The Labute approximate surface area is 113 Å². The molecule has 2 fully saturated rings. The summed E-state index contributed by atoms with van der Waals surface area (Å²) in [5.41, 5.74) is 6.91. The Morgan fingerprint density at radius 3 is 2.95 bits per heavy atom. The Bertz CT molecular complexity index is 516. The van der Waals surface area contributed by atoms with Crippen LogP contribution in [0.15, 0.2) is 18.2 Å². The number of hydrogen-bond donors (Lipinski definition) is 2. The zero-order valence-corrected chi connectivity index (χ0v) is 11.4. The van der Waals surface area contributed by atoms with Crippen molar-refractivity contribution in [3.8, 4) is 0 Å². The lowest BCUT2D eigenvalue weighted by atomic mass is 9.72. The van der Waals surface area contributed by atoms with Crippen LogP contribution in [-0.4, -0.2) is 16.4 Å². The van der Waals surface area contributed by atoms with Gasteiger partial charge in [0.2, 0.25) is 5.91 Å². The van der Waals surface area contributed by atoms with Gasteiger partial charge in [-0.3, -0.25) is 4.79 Å². The maximum atomic E-state index is 12.6. The zero-order valence-electron chi connectivity index (χ0n) is 11.4. The summed E-state index contributed by atoms with van der Waals surface area (Å²) in [6.45, 7) is 1.93. The van der Waals surface area contributed by atoms with Crippen LogP contribution < -0.4 is 11.1 Å². The summed E-state index contributed by atoms with van der Waals surface area (Å²) in [5.74, 6) is 0.761. The van der Waals surface area contributed by atoms with Crippen molar-refractivity contribution in [2.24, 2.45) is 11.1 Å². The summed E-state index contributed by atoms with van der Waals surface area (Å²) in [6.07, 6.45) is 5.81. The van der Waals surface area contributed by atoms with Gasteiger partial charge >= 0.3 is 0 Å². The maximum Gasteiger partial charge on any atom is 0.231 e. The van der Waals surface area contributed by atoms with Gasteiger partial charge < -0.3 is 11.1 Å². The zero-order chi connectivity index (χ0) is 13.5. The summed E-state index contributed by atoms with van der Waals surface area (Å²) in [4.78, 5) is 16.9. The molecule has 0 radical (unpaired) electrons. The Balaban J connectivity index is 1.77. The van der Waals surface area contributed by atoms with E-state index in [1.54, 1.807) is 0 Å². The highest BCUT2D eigenvalue weighted by Gasteiger charge is 2.53. The van der Waals surface area contributed by atoms with Crippen molar-refractivity contribution in [2.75, 3.05) is 5.32 Å². The second kappa shape index (κ2) is 4.30. The normalized spacial score (nSPS) is 33.2. The van der Waals surface area contributed by atoms with Crippen molar-refractivity contribution in [1.29, 1.82) is 0 Å². The summed E-state index contributed by atoms with van der Waals surface area (Å²) < 4.78 is 0. The third-order valence-electron chi connectivity index (χ3n) is 4.73. The van der Waals surface area contributed by atoms with Gasteiger partial charge in [0, 0.05) is 11.2 Å². The molecule has 0 aliphatic heterocycles. The number of rotatable bonds is 2. The SMILES string of the molecule is Cc1cccc(NC(=O)C23CCCC(N)(CC2)C3)n1. The summed E-state index contributed by atoms with van der Waals surface area (Å²) in [7, 11) is 0. The number of aromatic nitrogens is 1. The molecule has 2 unspecified atom stereocenters. The first-order valence-corrected chi connectivity index (χ1v) is 7.06. The monoisotopic (exact) mass is 259 g/mol. The first-order valence-electron chi connectivity index (χ1n) is 7.06. The molecule has 0 aromatic carbocycles. The lowest BCUT2D eigenvalue weighted by Gasteiger charge is -2.36. The average molecular weight is 259 g/mol. The molecule has 3 rings (SSSR count). The highest BCUT2D eigenvalue weighted by molar-refractivity contribution is 5.95. The Kier molecular flexibility index (Phi) is 2.86. The molecule has 1 aromatic rings. The quantitative estimate of drug-likeness (QED) is 0.856. The molecule has 4 heteroatoms. The van der Waals surface area contributed by atoms with Gasteiger partial charge in [-0.2, -0.15) is 0 Å². The van der Waals surface area contributed by atoms with Crippen LogP contribution in [0, 0.1) is 12.3 Å². The van der Waals surface area contributed by atoms with Gasteiger partial charge in [0.1, 0.15) is 5.82 Å². The molecule has 1 amide bonds. The van der Waals surface area contributed by atoms with E-state index in [4.69, 9.17) is 5.73 Å². The van der Waals surface area contributed by atoms with Crippen LogP contribution in [0.2, 0.25) is 0 Å². The summed E-state index contributed by atoms with van der Waals surface area (Å²) >= 11 is 0. The van der Waals surface area contributed by atoms with Crippen LogP contribution in [0.3, 0.4) is 0 Å². The number of hydrogen-bond acceptors (Lipinski definition) is 3. The number of nitrogens with zero attached hydrogens (tertiary/aromatic N) is 1. The highest BCUT2D eigenvalue weighted by atomic mass is 16.2. The minimum Gasteiger partial charge on any atom is -0.325 e. The minimum atomic E-state index is -0.252. The van der Waals surface area contributed by atoms with Gasteiger partial charge in [0.15, 0.2) is 0 Å². The van der Waals surface area contributed by atoms with Crippen LogP contribution in [0.5, 0.6) is 0 Å². The van der Waals surface area contributed by atoms with E-state index < -0.39 is 0 Å². The van der Waals surface area contributed by atoms with E-state index in [2.05, 4.69) is 10.3 Å². The summed E-state index contributed by atoms with van der Waals surface area (Å²) in [5, 5.41) is 2.98. The van der Waals surface area contributed by atoms with Crippen LogP contribution in [0.25, 0.3) is 0 Å². The third-order valence-corrected chi connectivity index (χ3v) is 4.73. The molecule has 2 aliphatic rings. The number of aryl methyl sites for hydroxylation is 1. The fourth-order valence-electron chi connectivity index (χ4n) is 3.71. The van der Waals surface area contributed by atoms with E-state index in [1.807, 2.05) is 25.1 Å². The van der Waals surface area contributed by atoms with E-state index in [0.717, 1.165) is 44.2 Å². The topological polar surface area (TPSA) is 68.0 Å². The third kappa shape index (κ3) is 2.25. The molecule has 2 saturated carbocycles. The number of amides is 1. The lowest BCUT2D eigenvalue weighted by Crippen LogP contribution is -2.45. The van der Waals surface area contributed by atoms with Gasteiger partial charge in [-0.05, 0) is 51.2 Å². The predicted octanol–water partition coefficient (Wildman–Crippen LogP) is 2.38. The van der Waals surface area contributed by atoms with Crippen molar-refractivity contribution in [2.45, 2.75) is 51.0 Å². The minimum absolute atomic E-state index is 0.102. The molecule has 4 nitrogen and oxygen atoms in total. The number of carbonyl (C=O) groups excluding carboxylic acids is 1. The Morgan fingerprint density at radius 2 is 2.16 bits per heavy atom. The lowest BCUT2D eigenvalue weighted by molar-refractivity contribution is -0.126. The molecule has 2 bridgehead atoms. The maximum absolute atomic E-state index is 12.6. The molecule has 3 N–H and O–H groups in total. The summed E-state index contributed by atoms with van der Waals surface area (Å²) in [6, 6.07) is 5.68. The van der Waals surface area contributed by atoms with Crippen molar-refractivity contribution < 1.29 is 4.79 Å². The first kappa shape index (κ1) is 12.6. The largest absolute Gasteiger partial charge is 0.325 e. The number of nitrogens with two attached hydrogens (primary N) is 1. The van der Waals surface area contributed by atoms with Crippen molar-refractivity contribution in [1.82, 2.24) is 4.98 Å². The van der Waals surface area contributed by atoms with Crippen molar-refractivity contribution >= 4 is 11.7 Å². The predicted molar refractivity (Wildman–Crippen MR) is 74.7 cm³/mol. The van der Waals surface area contributed by atoms with E-state index in [-0.39, 0.29) is 16.9 Å². The molecule has 102 valence electrons. The highest BCUT2D eigenvalue weighted by Crippen LogP contribution is 2.52. The second-order valence-electron chi connectivity index (χ2n) is 6.29. The van der Waals surface area contributed by atoms with Crippen LogP contribution in [0.1, 0.15) is 44.2 Å². The van der Waals surface area contributed by atoms with E-state index in [0.29, 0.717) is 5.82 Å². The van der Waals surface area contributed by atoms with Gasteiger partial charge in [0.05, 0.1) is 5.41 Å².